The lowest BCUT2D eigenvalue weighted by molar-refractivity contribution is -0.384. The Bertz CT molecular complexity index is 1400. The van der Waals surface area contributed by atoms with Crippen LogP contribution in [0.15, 0.2) is 34.9 Å². The van der Waals surface area contributed by atoms with Crippen LogP contribution in [0.5, 0.6) is 0 Å². The molecule has 0 unspecified atom stereocenters. The number of urea groups is 1. The average molecular weight is 666 g/mol. The number of β-lactam (4-membered cyclic amide) rings is 1. The molecule has 17 heteroatoms. The number of aliphatic hydroxyl groups excluding tert-OH is 1. The van der Waals surface area contributed by atoms with Gasteiger partial charge in [-0.3, -0.25) is 24.6 Å². The normalized spacial score (nSPS) is 24.6. The van der Waals surface area contributed by atoms with Gasteiger partial charge in [-0.2, -0.15) is 11.8 Å². The van der Waals surface area contributed by atoms with Crippen molar-refractivity contribution in [1.82, 2.24) is 14.7 Å². The molecule has 3 aliphatic heterocycles. The Morgan fingerprint density at radius 3 is 2.49 bits per heavy atom. The molecule has 6 atom stereocenters. The molecule has 5 amide bonds. The minimum absolute atomic E-state index is 0.0572. The van der Waals surface area contributed by atoms with Crippen LogP contribution in [0.4, 0.5) is 15.3 Å². The van der Waals surface area contributed by atoms with Crippen LogP contribution < -0.4 is 5.73 Å². The number of ether oxygens (including phenoxy) is 1. The van der Waals surface area contributed by atoms with Gasteiger partial charge in [0.25, 0.3) is 5.69 Å². The highest BCUT2D eigenvalue weighted by atomic mass is 32.2. The molecule has 0 aliphatic carbocycles. The molecule has 0 spiro atoms. The number of likely N-dealkylation sites (tertiary alicyclic amines) is 1. The van der Waals surface area contributed by atoms with Gasteiger partial charge in [0, 0.05) is 65.8 Å². The van der Waals surface area contributed by atoms with Gasteiger partial charge in [-0.05, 0) is 31.0 Å². The maximum Gasteiger partial charge on any atom is 0.410 e. The number of carbonyl (C=O) groups excluding carboxylic acids is 4. The van der Waals surface area contributed by atoms with Gasteiger partial charge in [0.05, 0.1) is 23.0 Å². The van der Waals surface area contributed by atoms with Crippen molar-refractivity contribution in [3.63, 3.8) is 0 Å². The molecule has 3 aliphatic rings. The molecule has 0 bridgehead atoms. The van der Waals surface area contributed by atoms with E-state index < -0.39 is 52.9 Å². The number of carbonyl (C=O) groups is 5. The summed E-state index contributed by atoms with van der Waals surface area (Å²) in [5.74, 6) is -2.34. The number of thioether (sulfide) groups is 2. The molecule has 0 aromatic heterocycles. The van der Waals surface area contributed by atoms with Crippen molar-refractivity contribution < 1.29 is 43.8 Å². The van der Waals surface area contributed by atoms with Gasteiger partial charge >= 0.3 is 18.1 Å². The summed E-state index contributed by atoms with van der Waals surface area (Å²) >= 11 is 2.71. The zero-order valence-electron chi connectivity index (χ0n) is 24.9. The van der Waals surface area contributed by atoms with E-state index in [2.05, 4.69) is 0 Å². The van der Waals surface area contributed by atoms with Gasteiger partial charge in [-0.15, -0.1) is 11.8 Å². The molecule has 3 heterocycles. The molecule has 15 nitrogen and oxygen atoms in total. The number of benzene rings is 1. The fourth-order valence-electron chi connectivity index (χ4n) is 5.81. The van der Waals surface area contributed by atoms with Crippen LogP contribution in [0.3, 0.4) is 0 Å². The number of nitro groups is 1. The quantitative estimate of drug-likeness (QED) is 0.127. The Labute approximate surface area is 267 Å². The van der Waals surface area contributed by atoms with Crippen molar-refractivity contribution in [2.45, 2.75) is 56.7 Å². The average Bonchev–Trinajstić information content (AvgIpc) is 3.49. The molecular formula is C28H35N5O10S2. The van der Waals surface area contributed by atoms with Crippen molar-refractivity contribution in [2.75, 3.05) is 25.1 Å². The van der Waals surface area contributed by atoms with E-state index in [9.17, 15) is 44.3 Å². The SMILES string of the molecule is C[C@@H](O)[C@H]1C(=O)N2C(C(=O)O)=C(S[C@H]3C[C@@H](CSCCC(=O)N(C)C(N)=O)N(C(=O)OCc4ccc([N+](=O)[O-])cc4)C3)[C@H](C)[C@H]12. The number of primary amides is 1. The monoisotopic (exact) mass is 665 g/mol. The fourth-order valence-corrected chi connectivity index (χ4v) is 8.45. The molecule has 1 aromatic rings. The van der Waals surface area contributed by atoms with Crippen molar-refractivity contribution >= 4 is 59.1 Å². The Kier molecular flexibility index (Phi) is 10.7. The smallest absolute Gasteiger partial charge is 0.410 e. The van der Waals surface area contributed by atoms with E-state index in [1.807, 2.05) is 6.92 Å². The summed E-state index contributed by atoms with van der Waals surface area (Å²) in [5.41, 5.74) is 5.52. The van der Waals surface area contributed by atoms with Gasteiger partial charge < -0.3 is 30.5 Å². The van der Waals surface area contributed by atoms with Crippen molar-refractivity contribution in [3.8, 4) is 0 Å². The number of hydrogen-bond donors (Lipinski definition) is 3. The second-order valence-corrected chi connectivity index (χ2v) is 13.6. The van der Waals surface area contributed by atoms with Crippen LogP contribution in [-0.4, -0.2) is 108 Å². The third-order valence-electron chi connectivity index (χ3n) is 8.20. The highest BCUT2D eigenvalue weighted by Crippen LogP contribution is 2.52. The number of imide groups is 1. The van der Waals surface area contributed by atoms with Crippen molar-refractivity contribution in [1.29, 1.82) is 0 Å². The van der Waals surface area contributed by atoms with Crippen LogP contribution in [-0.2, 0) is 25.7 Å². The summed E-state index contributed by atoms with van der Waals surface area (Å²) in [6.45, 7) is 3.44. The highest BCUT2D eigenvalue weighted by Gasteiger charge is 2.60. The second kappa shape index (κ2) is 14.1. The third kappa shape index (κ3) is 7.20. The minimum atomic E-state index is -1.24. The maximum atomic E-state index is 13.3. The molecule has 244 valence electrons. The Balaban J connectivity index is 1.46. The van der Waals surface area contributed by atoms with E-state index in [0.29, 0.717) is 28.4 Å². The number of nitrogens with two attached hydrogens (primary N) is 1. The number of aliphatic hydroxyl groups is 1. The standard InChI is InChI=1S/C28H35N5O10S2/c1-14-22-21(15(2)34)25(36)32(22)23(26(37)38)24(14)45-19-10-18(13-44-9-8-20(35)30(3)27(29)39)31(11-19)28(40)43-12-16-4-6-17(7-5-16)33(41)42/h4-7,14-15,18-19,21-22,34H,8-13H2,1-3H3,(H2,29,39)(H,37,38)/t14-,15-,18+,19+,21-,22-/m1/s1. The number of nitro benzene ring substituents is 1. The summed E-state index contributed by atoms with van der Waals surface area (Å²) in [5, 5.41) is 30.8. The molecule has 0 radical (unpaired) electrons. The van der Waals surface area contributed by atoms with Gasteiger partial charge in [0.15, 0.2) is 0 Å². The van der Waals surface area contributed by atoms with Gasteiger partial charge in [-0.1, -0.05) is 6.92 Å². The van der Waals surface area contributed by atoms with E-state index >= 15 is 0 Å². The Morgan fingerprint density at radius 1 is 1.24 bits per heavy atom. The minimum Gasteiger partial charge on any atom is -0.477 e. The lowest BCUT2D eigenvalue weighted by atomic mass is 9.79. The van der Waals surface area contributed by atoms with E-state index in [1.54, 1.807) is 4.90 Å². The lowest BCUT2D eigenvalue weighted by Crippen LogP contribution is -2.63. The summed E-state index contributed by atoms with van der Waals surface area (Å²) in [4.78, 5) is 76.2. The first-order valence-corrected chi connectivity index (χ1v) is 16.2. The van der Waals surface area contributed by atoms with Crippen LogP contribution in [0.25, 0.3) is 0 Å². The van der Waals surface area contributed by atoms with Crippen LogP contribution >= 0.6 is 23.5 Å². The van der Waals surface area contributed by atoms with E-state index in [1.165, 1.54) is 66.7 Å². The van der Waals surface area contributed by atoms with E-state index in [-0.39, 0.29) is 48.2 Å². The predicted octanol–water partition coefficient (Wildman–Crippen LogP) is 2.22. The molecule has 4 N–H and O–H groups in total. The van der Waals surface area contributed by atoms with Gasteiger partial charge in [0.1, 0.15) is 12.3 Å². The number of nitrogens with zero attached hydrogens (tertiary/aromatic N) is 4. The van der Waals surface area contributed by atoms with E-state index in [0.717, 1.165) is 4.90 Å². The first-order chi connectivity index (χ1) is 21.2. The second-order valence-electron chi connectivity index (χ2n) is 11.1. The largest absolute Gasteiger partial charge is 0.477 e. The number of aliphatic carboxylic acids is 1. The topological polar surface area (TPSA) is 214 Å². The molecule has 45 heavy (non-hydrogen) atoms. The summed E-state index contributed by atoms with van der Waals surface area (Å²) < 4.78 is 5.54. The molecule has 2 fully saturated rings. The number of amides is 5. The lowest BCUT2D eigenvalue weighted by Gasteiger charge is -2.46. The van der Waals surface area contributed by atoms with Crippen molar-refractivity contribution in [3.05, 3.63) is 50.5 Å². The molecule has 0 saturated carbocycles. The number of carboxylic acids is 1. The highest BCUT2D eigenvalue weighted by molar-refractivity contribution is 8.03. The number of carboxylic acid groups (broad SMARTS) is 1. The molecular weight excluding hydrogens is 630 g/mol. The zero-order chi connectivity index (χ0) is 33.2. The maximum absolute atomic E-state index is 13.3. The molecule has 1 aromatic carbocycles. The van der Waals surface area contributed by atoms with Gasteiger partial charge in [0.2, 0.25) is 11.8 Å². The Hall–Kier alpha value is -3.83. The summed E-state index contributed by atoms with van der Waals surface area (Å²) in [7, 11) is 1.29. The van der Waals surface area contributed by atoms with Crippen LogP contribution in [0, 0.1) is 22.0 Å². The molecule has 2 saturated heterocycles. The number of fused-ring (bicyclic) bond motifs is 1. The van der Waals surface area contributed by atoms with Crippen LogP contribution in [0.1, 0.15) is 32.3 Å². The fraction of sp³-hybridized carbons (Fsp3) is 0.536. The number of rotatable bonds is 12. The Morgan fingerprint density at radius 2 is 1.91 bits per heavy atom. The van der Waals surface area contributed by atoms with Crippen molar-refractivity contribution in [2.24, 2.45) is 17.6 Å². The van der Waals surface area contributed by atoms with E-state index in [4.69, 9.17) is 10.5 Å². The third-order valence-corrected chi connectivity index (χ3v) is 10.8. The zero-order valence-corrected chi connectivity index (χ0v) is 26.5. The summed E-state index contributed by atoms with van der Waals surface area (Å²) in [6, 6.07) is 3.96. The molecule has 4 rings (SSSR count). The van der Waals surface area contributed by atoms with Gasteiger partial charge in [-0.25, -0.2) is 14.4 Å². The number of hydrogen-bond acceptors (Lipinski definition) is 11. The predicted molar refractivity (Wildman–Crippen MR) is 164 cm³/mol. The number of non-ortho nitro benzene ring substituents is 1. The first-order valence-electron chi connectivity index (χ1n) is 14.2. The first kappa shape index (κ1) is 34.1. The summed E-state index contributed by atoms with van der Waals surface area (Å²) in [6.07, 6.45) is -1.02. The van der Waals surface area contributed by atoms with Crippen LogP contribution in [0.2, 0.25) is 0 Å².